The van der Waals surface area contributed by atoms with Crippen LogP contribution in [-0.4, -0.2) is 25.5 Å². The van der Waals surface area contributed by atoms with E-state index in [4.69, 9.17) is 0 Å². The van der Waals surface area contributed by atoms with Crippen LogP contribution in [0.25, 0.3) is 6.08 Å². The molecule has 0 bridgehead atoms. The molecule has 1 amide bonds. The number of carbonyl (C=O) groups excluding carboxylic acids is 2. The molecule has 4 heteroatoms. The van der Waals surface area contributed by atoms with Gasteiger partial charge in [-0.05, 0) is 11.6 Å². The lowest BCUT2D eigenvalue weighted by Gasteiger charge is -2.00. The molecule has 0 aliphatic rings. The summed E-state index contributed by atoms with van der Waals surface area (Å²) in [6.07, 6.45) is 3.33. The van der Waals surface area contributed by atoms with E-state index in [2.05, 4.69) is 10.1 Å². The van der Waals surface area contributed by atoms with Crippen LogP contribution in [0, 0.1) is 0 Å². The van der Waals surface area contributed by atoms with Crippen LogP contribution in [0.15, 0.2) is 36.4 Å². The number of ether oxygens (including phenoxy) is 1. The molecule has 1 aromatic carbocycles. The summed E-state index contributed by atoms with van der Waals surface area (Å²) in [5, 5.41) is 2.59. The fraction of sp³-hybridized carbons (Fsp3) is 0.231. The van der Waals surface area contributed by atoms with Gasteiger partial charge < -0.3 is 10.1 Å². The summed E-state index contributed by atoms with van der Waals surface area (Å²) in [6, 6.07) is 9.51. The van der Waals surface area contributed by atoms with Gasteiger partial charge in [0, 0.05) is 12.6 Å². The van der Waals surface area contributed by atoms with Gasteiger partial charge in [0.2, 0.25) is 5.91 Å². The molecule has 90 valence electrons. The van der Waals surface area contributed by atoms with E-state index in [1.807, 2.05) is 30.3 Å². The first kappa shape index (κ1) is 13.0. The fourth-order valence-corrected chi connectivity index (χ4v) is 1.18. The molecule has 0 saturated heterocycles. The Kier molecular flexibility index (Phi) is 5.51. The van der Waals surface area contributed by atoms with Crippen molar-refractivity contribution >= 4 is 18.0 Å². The number of methoxy groups -OCH3 is 1. The number of amides is 1. The minimum Gasteiger partial charge on any atom is -0.469 e. The minimum absolute atomic E-state index is 0.182. The van der Waals surface area contributed by atoms with Crippen molar-refractivity contribution in [2.45, 2.75) is 6.42 Å². The van der Waals surface area contributed by atoms with Crippen molar-refractivity contribution < 1.29 is 14.3 Å². The molecule has 4 nitrogen and oxygen atoms in total. The van der Waals surface area contributed by atoms with E-state index < -0.39 is 0 Å². The second-order valence-corrected chi connectivity index (χ2v) is 3.36. The number of benzene rings is 1. The largest absolute Gasteiger partial charge is 0.469 e. The molecule has 1 aromatic rings. The van der Waals surface area contributed by atoms with Crippen LogP contribution in [0.4, 0.5) is 0 Å². The molecule has 1 N–H and O–H groups in total. The van der Waals surface area contributed by atoms with Crippen molar-refractivity contribution in [3.8, 4) is 0 Å². The smallest absolute Gasteiger partial charge is 0.307 e. The summed E-state index contributed by atoms with van der Waals surface area (Å²) in [4.78, 5) is 22.1. The molecule has 0 aliphatic carbocycles. The number of hydrogen-bond donors (Lipinski definition) is 1. The zero-order chi connectivity index (χ0) is 12.5. The van der Waals surface area contributed by atoms with Gasteiger partial charge in [-0.3, -0.25) is 9.59 Å². The number of rotatable bonds is 5. The SMILES string of the molecule is COC(=O)CCNC(=O)C=Cc1ccccc1. The highest BCUT2D eigenvalue weighted by Gasteiger charge is 2.00. The van der Waals surface area contributed by atoms with Gasteiger partial charge >= 0.3 is 5.97 Å². The van der Waals surface area contributed by atoms with Crippen molar-refractivity contribution in [3.63, 3.8) is 0 Å². The molecule has 0 fully saturated rings. The Balaban J connectivity index is 2.30. The number of hydrogen-bond acceptors (Lipinski definition) is 3. The zero-order valence-corrected chi connectivity index (χ0v) is 9.68. The van der Waals surface area contributed by atoms with Crippen LogP contribution in [0.2, 0.25) is 0 Å². The average molecular weight is 233 g/mol. The molecule has 0 spiro atoms. The highest BCUT2D eigenvalue weighted by molar-refractivity contribution is 5.91. The lowest BCUT2D eigenvalue weighted by molar-refractivity contribution is -0.140. The second-order valence-electron chi connectivity index (χ2n) is 3.36. The summed E-state index contributed by atoms with van der Waals surface area (Å²) in [5.74, 6) is -0.560. The minimum atomic E-state index is -0.336. The van der Waals surface area contributed by atoms with Gasteiger partial charge in [0.25, 0.3) is 0 Å². The van der Waals surface area contributed by atoms with Crippen molar-refractivity contribution in [2.24, 2.45) is 0 Å². The van der Waals surface area contributed by atoms with E-state index in [9.17, 15) is 9.59 Å². The van der Waals surface area contributed by atoms with E-state index in [1.165, 1.54) is 13.2 Å². The van der Waals surface area contributed by atoms with E-state index in [0.29, 0.717) is 0 Å². The molecule has 1 rings (SSSR count). The van der Waals surface area contributed by atoms with Gasteiger partial charge in [-0.1, -0.05) is 30.3 Å². The highest BCUT2D eigenvalue weighted by atomic mass is 16.5. The van der Waals surface area contributed by atoms with Gasteiger partial charge in [-0.2, -0.15) is 0 Å². The van der Waals surface area contributed by atoms with E-state index in [0.717, 1.165) is 5.56 Å². The lowest BCUT2D eigenvalue weighted by Crippen LogP contribution is -2.24. The van der Waals surface area contributed by atoms with Gasteiger partial charge in [0.15, 0.2) is 0 Å². The maximum absolute atomic E-state index is 11.3. The first-order valence-electron chi connectivity index (χ1n) is 5.30. The van der Waals surface area contributed by atoms with E-state index >= 15 is 0 Å². The van der Waals surface area contributed by atoms with E-state index in [-0.39, 0.29) is 24.8 Å². The third-order valence-corrected chi connectivity index (χ3v) is 2.08. The molecule has 0 aromatic heterocycles. The fourth-order valence-electron chi connectivity index (χ4n) is 1.18. The number of esters is 1. The Morgan fingerprint density at radius 2 is 2.00 bits per heavy atom. The molecular weight excluding hydrogens is 218 g/mol. The second kappa shape index (κ2) is 7.22. The van der Waals surface area contributed by atoms with Gasteiger partial charge in [-0.25, -0.2) is 0 Å². The summed E-state index contributed by atoms with van der Waals surface area (Å²) in [5.41, 5.74) is 0.954. The summed E-state index contributed by atoms with van der Waals surface area (Å²) in [7, 11) is 1.32. The molecule has 0 unspecified atom stereocenters. The van der Waals surface area contributed by atoms with Gasteiger partial charge in [-0.15, -0.1) is 0 Å². The molecule has 17 heavy (non-hydrogen) atoms. The van der Waals surface area contributed by atoms with Crippen LogP contribution in [0.3, 0.4) is 0 Å². The summed E-state index contributed by atoms with van der Waals surface area (Å²) < 4.78 is 4.45. The van der Waals surface area contributed by atoms with Crippen LogP contribution in [0.1, 0.15) is 12.0 Å². The lowest BCUT2D eigenvalue weighted by atomic mass is 10.2. The Labute approximate surface area is 100 Å². The molecule has 0 heterocycles. The summed E-state index contributed by atoms with van der Waals surface area (Å²) in [6.45, 7) is 0.282. The van der Waals surface area contributed by atoms with Crippen LogP contribution in [0.5, 0.6) is 0 Å². The van der Waals surface area contributed by atoms with Crippen molar-refractivity contribution in [2.75, 3.05) is 13.7 Å². The molecular formula is C13H15NO3. The van der Waals surface area contributed by atoms with Crippen molar-refractivity contribution in [1.82, 2.24) is 5.32 Å². The highest BCUT2D eigenvalue weighted by Crippen LogP contribution is 2.00. The van der Waals surface area contributed by atoms with E-state index in [1.54, 1.807) is 6.08 Å². The number of nitrogens with one attached hydrogen (secondary N) is 1. The Bertz CT molecular complexity index is 398. The third-order valence-electron chi connectivity index (χ3n) is 2.08. The molecule has 0 radical (unpaired) electrons. The van der Waals surface area contributed by atoms with Crippen LogP contribution >= 0.6 is 0 Å². The summed E-state index contributed by atoms with van der Waals surface area (Å²) >= 11 is 0. The monoisotopic (exact) mass is 233 g/mol. The van der Waals surface area contributed by atoms with Gasteiger partial charge in [0.1, 0.15) is 0 Å². The zero-order valence-electron chi connectivity index (χ0n) is 9.68. The predicted octanol–water partition coefficient (Wildman–Crippen LogP) is 1.38. The van der Waals surface area contributed by atoms with Crippen molar-refractivity contribution in [1.29, 1.82) is 0 Å². The first-order valence-corrected chi connectivity index (χ1v) is 5.30. The third kappa shape index (κ3) is 5.51. The molecule has 0 saturated carbocycles. The average Bonchev–Trinajstić information content (AvgIpc) is 2.37. The Hall–Kier alpha value is -2.10. The molecule has 0 aliphatic heterocycles. The maximum Gasteiger partial charge on any atom is 0.307 e. The Morgan fingerprint density at radius 3 is 2.65 bits per heavy atom. The number of carbonyl (C=O) groups is 2. The standard InChI is InChI=1S/C13H15NO3/c1-17-13(16)9-10-14-12(15)8-7-11-5-3-2-4-6-11/h2-8H,9-10H2,1H3,(H,14,15). The normalized spacial score (nSPS) is 10.2. The van der Waals surface area contributed by atoms with Crippen LogP contribution in [-0.2, 0) is 14.3 Å². The van der Waals surface area contributed by atoms with Crippen LogP contribution < -0.4 is 5.32 Å². The Morgan fingerprint density at radius 1 is 1.29 bits per heavy atom. The topological polar surface area (TPSA) is 55.4 Å². The first-order chi connectivity index (χ1) is 8.22. The maximum atomic E-state index is 11.3. The van der Waals surface area contributed by atoms with Gasteiger partial charge in [0.05, 0.1) is 13.5 Å². The quantitative estimate of drug-likeness (QED) is 0.617. The predicted molar refractivity (Wildman–Crippen MR) is 65.1 cm³/mol. The van der Waals surface area contributed by atoms with Crippen molar-refractivity contribution in [3.05, 3.63) is 42.0 Å². The molecule has 0 atom stereocenters.